The van der Waals surface area contributed by atoms with Crippen molar-refractivity contribution in [1.82, 2.24) is 0 Å². The monoisotopic (exact) mass is 1550 g/mol. The van der Waals surface area contributed by atoms with Gasteiger partial charge in [-0.2, -0.15) is 0 Å². The molecule has 3 amide bonds. The number of phenolic OH excluding ortho intramolecular Hbond substituents is 6. The lowest BCUT2D eigenvalue weighted by atomic mass is 9.90. The molecular formula is C87H66F3N3O15S3. The summed E-state index contributed by atoms with van der Waals surface area (Å²) in [7, 11) is -6.23. The predicted octanol–water partition coefficient (Wildman–Crippen LogP) is 15.6. The molecule has 0 bridgehead atoms. The molecule has 0 aromatic heterocycles. The van der Waals surface area contributed by atoms with E-state index in [4.69, 9.17) is 0 Å². The number of hydrogen-bond acceptors (Lipinski definition) is 16. The zero-order chi connectivity index (χ0) is 78.4. The number of sulfone groups is 1. The van der Waals surface area contributed by atoms with E-state index in [2.05, 4.69) is 0 Å². The Hall–Kier alpha value is -12.9. The van der Waals surface area contributed by atoms with Gasteiger partial charge in [0.25, 0.3) is 0 Å². The molecule has 0 aliphatic carbocycles. The van der Waals surface area contributed by atoms with Crippen molar-refractivity contribution in [3.8, 4) is 67.9 Å². The number of Topliss-reactive ketones (excluding diaryl/α,β-unsaturated/α-hetero) is 3. The van der Waals surface area contributed by atoms with Crippen molar-refractivity contribution >= 4 is 84.5 Å². The Bertz CT molecular complexity index is 5670. The zero-order valence-electron chi connectivity index (χ0n) is 58.4. The molecule has 12 aromatic rings. The number of anilines is 3. The third-order valence-corrected chi connectivity index (χ3v) is 23.7. The highest BCUT2D eigenvalue weighted by Gasteiger charge is 2.58. The van der Waals surface area contributed by atoms with E-state index in [1.165, 1.54) is 100 Å². The highest BCUT2D eigenvalue weighted by Crippen LogP contribution is 2.51. The number of halogens is 3. The fourth-order valence-electron chi connectivity index (χ4n) is 13.5. The Morgan fingerprint density at radius 1 is 0.369 bits per heavy atom. The van der Waals surface area contributed by atoms with Crippen molar-refractivity contribution < 1.29 is 85.2 Å². The van der Waals surface area contributed by atoms with Crippen LogP contribution in [0.1, 0.15) is 65.9 Å². The molecule has 1 unspecified atom stereocenters. The van der Waals surface area contributed by atoms with Gasteiger partial charge in [-0.15, -0.1) is 11.8 Å². The van der Waals surface area contributed by atoms with Gasteiger partial charge in [0.2, 0.25) is 17.7 Å². The molecule has 0 radical (unpaired) electrons. The molecule has 0 spiro atoms. The minimum absolute atomic E-state index is 0.0107. The van der Waals surface area contributed by atoms with Gasteiger partial charge in [0.05, 0.1) is 29.6 Å². The van der Waals surface area contributed by atoms with Crippen molar-refractivity contribution in [3.05, 3.63) is 342 Å². The van der Waals surface area contributed by atoms with Crippen LogP contribution >= 0.6 is 11.8 Å². The second kappa shape index (κ2) is 32.9. The van der Waals surface area contributed by atoms with Crippen LogP contribution in [0.2, 0.25) is 0 Å². The van der Waals surface area contributed by atoms with Gasteiger partial charge in [0, 0.05) is 61.2 Å². The molecule has 558 valence electrons. The van der Waals surface area contributed by atoms with E-state index < -0.39 is 107 Å². The van der Waals surface area contributed by atoms with Crippen LogP contribution in [0.4, 0.5) is 30.2 Å². The fraction of sp³-hybridized carbons (Fsp3) is 0.103. The number of carbonyl (C=O) groups excluding carboxylic acids is 6. The standard InChI is InChI=1S/C29H22FNO6S.C29H22FNO5S.C29H22FNO4S/c30-21-12-9-18(10-13-21)26(34)17-38(36,37)28-27(31(29(28)35)22-6-2-1-3-7-22)24-14-11-20(16-25(24)33)19-5-4-8-23(32)15-19;30-21-12-9-18(10-13-21)26(34)17-37(36)28-27(31(29(28)35)22-6-2-1-3-7-22)24-14-11-20(16-25(24)33)19-5-4-8-23(32)15-19;30-21-12-9-18(10-13-21)26(34)17-36-28-27(31(29(28)35)22-6-2-1-3-7-22)24-14-11-20(16-25(24)33)19-5-4-8-23(32)15-19/h1-16,27-28,32-33H,17H2;1-16,27-28,32-33H,17H2;1-16,27-28,32-33H,17H2/t27-,28-;27-,28-,37?;27-,28-/m111/s1. The molecular weight excluding hydrogens is 1480 g/mol. The number of benzene rings is 12. The lowest BCUT2D eigenvalue weighted by molar-refractivity contribution is -0.124. The smallest absolute Gasteiger partial charge is 0.248 e. The normalized spacial score (nSPS) is 17.3. The van der Waals surface area contributed by atoms with Gasteiger partial charge in [-0.05, 0) is 197 Å². The summed E-state index contributed by atoms with van der Waals surface area (Å²) in [5.74, 6) is -5.59. The maximum absolute atomic E-state index is 13.4. The Morgan fingerprint density at radius 2 is 0.712 bits per heavy atom. The summed E-state index contributed by atoms with van der Waals surface area (Å²) >= 11 is 1.21. The van der Waals surface area contributed by atoms with Gasteiger partial charge in [0.1, 0.15) is 68.2 Å². The Morgan fingerprint density at radius 3 is 1.10 bits per heavy atom. The largest absolute Gasteiger partial charge is 0.508 e. The SMILES string of the molecule is O=C(CS(=O)(=O)[C@H]1C(=O)N(c2ccccc2)[C@@H]1c1ccc(-c2cccc(O)c2)cc1O)c1ccc(F)cc1.O=C(CS(=O)[C@H]1C(=O)N(c2ccccc2)[C@@H]1c1ccc(-c2cccc(O)c2)cc1O)c1ccc(F)cc1.O=C(CS[C@H]1C(=O)N(c2ccccc2)[C@@H]1c1ccc(-c2cccc(O)c2)cc1O)c1ccc(F)cc1. The Kier molecular flexibility index (Phi) is 22.6. The fourth-order valence-corrected chi connectivity index (χ4v) is 18.0. The minimum atomic E-state index is -4.33. The average Bonchev–Trinajstić information content (AvgIpc) is 0.724. The number of ketones is 3. The average molecular weight is 1550 g/mol. The van der Waals surface area contributed by atoms with E-state index in [1.807, 2.05) is 42.5 Å². The number of aromatic hydroxyl groups is 6. The van der Waals surface area contributed by atoms with Crippen LogP contribution in [-0.2, 0) is 35.0 Å². The van der Waals surface area contributed by atoms with Gasteiger partial charge in [-0.1, -0.05) is 127 Å². The van der Waals surface area contributed by atoms with E-state index in [0.29, 0.717) is 56.0 Å². The van der Waals surface area contributed by atoms with Crippen molar-refractivity contribution in [2.24, 2.45) is 0 Å². The quantitative estimate of drug-likeness (QED) is 0.0288. The highest BCUT2D eigenvalue weighted by molar-refractivity contribution is 8.01. The lowest BCUT2D eigenvalue weighted by Crippen LogP contribution is -2.63. The molecule has 3 saturated heterocycles. The number of amides is 3. The molecule has 18 nitrogen and oxygen atoms in total. The van der Waals surface area contributed by atoms with Crippen molar-refractivity contribution in [3.63, 3.8) is 0 Å². The molecule has 111 heavy (non-hydrogen) atoms. The summed E-state index contributed by atoms with van der Waals surface area (Å²) in [5.41, 5.74) is 7.47. The number of nitrogens with zero attached hydrogens (tertiary/aromatic N) is 3. The number of rotatable bonds is 21. The molecule has 7 atom stereocenters. The number of para-hydroxylation sites is 3. The van der Waals surface area contributed by atoms with Crippen LogP contribution in [-0.4, -0.2) is 111 Å². The number of hydrogen-bond donors (Lipinski definition) is 6. The highest BCUT2D eigenvalue weighted by atomic mass is 32.2. The topological polar surface area (TPSA) is 285 Å². The van der Waals surface area contributed by atoms with Crippen molar-refractivity contribution in [2.45, 2.75) is 33.9 Å². The minimum Gasteiger partial charge on any atom is -0.508 e. The maximum Gasteiger partial charge on any atom is 0.248 e. The van der Waals surface area contributed by atoms with Gasteiger partial charge in [0.15, 0.2) is 32.4 Å². The summed E-state index contributed by atoms with van der Waals surface area (Å²) in [6.07, 6.45) is 0. The van der Waals surface area contributed by atoms with Crippen LogP contribution in [0, 0.1) is 17.5 Å². The zero-order valence-corrected chi connectivity index (χ0v) is 60.8. The molecule has 15 rings (SSSR count). The molecule has 24 heteroatoms. The van der Waals surface area contributed by atoms with E-state index in [1.54, 1.807) is 150 Å². The van der Waals surface area contributed by atoms with Crippen LogP contribution in [0.5, 0.6) is 34.5 Å². The second-order valence-electron chi connectivity index (χ2n) is 26.1. The van der Waals surface area contributed by atoms with Gasteiger partial charge < -0.3 is 45.3 Å². The van der Waals surface area contributed by atoms with Crippen LogP contribution < -0.4 is 14.7 Å². The summed E-state index contributed by atoms with van der Waals surface area (Å²) in [4.78, 5) is 82.2. The van der Waals surface area contributed by atoms with E-state index in [0.717, 1.165) is 35.4 Å². The second-order valence-corrected chi connectivity index (χ2v) is 30.9. The van der Waals surface area contributed by atoms with E-state index in [-0.39, 0.29) is 68.6 Å². The first kappa shape index (κ1) is 76.3. The molecule has 0 saturated carbocycles. The first-order valence-electron chi connectivity index (χ1n) is 34.5. The number of thioether (sulfide) groups is 1. The molecule has 6 N–H and O–H groups in total. The lowest BCUT2D eigenvalue weighted by Gasteiger charge is -2.47. The summed E-state index contributed by atoms with van der Waals surface area (Å²) < 4.78 is 79.9. The van der Waals surface area contributed by atoms with Gasteiger partial charge in [-0.3, -0.25) is 33.0 Å². The van der Waals surface area contributed by atoms with E-state index in [9.17, 15) is 85.2 Å². The summed E-state index contributed by atoms with van der Waals surface area (Å²) in [6, 6.07) is 73.4. The van der Waals surface area contributed by atoms with Crippen LogP contribution in [0.25, 0.3) is 33.4 Å². The van der Waals surface area contributed by atoms with Gasteiger partial charge >= 0.3 is 0 Å². The van der Waals surface area contributed by atoms with Gasteiger partial charge in [-0.25, -0.2) is 21.6 Å². The molecule has 3 aliphatic rings. The number of β-lactam (4-membered cyclic amide) rings is 3. The van der Waals surface area contributed by atoms with Crippen LogP contribution in [0.3, 0.4) is 0 Å². The van der Waals surface area contributed by atoms with Crippen LogP contribution in [0.15, 0.2) is 291 Å². The number of carbonyl (C=O) groups is 6. The predicted molar refractivity (Wildman–Crippen MR) is 418 cm³/mol. The maximum atomic E-state index is 13.4. The molecule has 3 aliphatic heterocycles. The molecule has 12 aromatic carbocycles. The summed E-state index contributed by atoms with van der Waals surface area (Å²) in [6.45, 7) is 0. The Labute approximate surface area is 641 Å². The van der Waals surface area contributed by atoms with Crippen molar-refractivity contribution in [2.75, 3.05) is 32.0 Å². The third kappa shape index (κ3) is 16.6. The first-order chi connectivity index (χ1) is 53.4. The molecule has 3 heterocycles. The Balaban J connectivity index is 0.000000146. The van der Waals surface area contributed by atoms with E-state index >= 15 is 0 Å². The third-order valence-electron chi connectivity index (χ3n) is 19.0. The number of phenols is 6. The summed E-state index contributed by atoms with van der Waals surface area (Å²) in [5, 5.41) is 59.1. The van der Waals surface area contributed by atoms with Crippen molar-refractivity contribution in [1.29, 1.82) is 0 Å². The molecule has 3 fully saturated rings. The first-order valence-corrected chi connectivity index (χ1v) is 38.6.